The van der Waals surface area contributed by atoms with Crippen LogP contribution >= 0.6 is 0 Å². The summed E-state index contributed by atoms with van der Waals surface area (Å²) in [6.45, 7) is 4.18. The van der Waals surface area contributed by atoms with Crippen molar-refractivity contribution in [1.29, 1.82) is 0 Å². The Bertz CT molecular complexity index is 515. The Kier molecular flexibility index (Phi) is 5.63. The number of unbranched alkanes of at least 4 members (excludes halogenated alkanes) is 2. The van der Waals surface area contributed by atoms with Crippen LogP contribution < -0.4 is 11.2 Å². The Labute approximate surface area is 104 Å². The largest absolute Gasteiger partial charge is 0.463 e. The van der Waals surface area contributed by atoms with E-state index >= 15 is 0 Å². The molecule has 6 nitrogen and oxygen atoms in total. The average Bonchev–Trinajstić information content (AvgIpc) is 2.35. The first kappa shape index (κ1) is 14.0. The number of aromatic nitrogens is 2. The zero-order valence-corrected chi connectivity index (χ0v) is 10.1. The number of esters is 1. The van der Waals surface area contributed by atoms with E-state index in [0.29, 0.717) is 13.2 Å². The molecule has 0 aliphatic carbocycles. The molecule has 0 atom stereocenters. The SMILES string of the molecule is C=CC(=O)OCCCCCn1ccc(=O)[nH]c1=O. The Hall–Kier alpha value is -2.11. The van der Waals surface area contributed by atoms with Gasteiger partial charge in [0, 0.05) is 24.9 Å². The standard InChI is InChI=1S/C12H16N2O4/c1-2-11(16)18-9-5-3-4-7-14-8-6-10(15)13-12(14)17/h2,6,8H,1,3-5,7,9H2,(H,13,15,17). The lowest BCUT2D eigenvalue weighted by molar-refractivity contribution is -0.137. The molecule has 0 aliphatic heterocycles. The summed E-state index contributed by atoms with van der Waals surface area (Å²) in [7, 11) is 0. The number of H-pyrrole nitrogens is 1. The number of rotatable bonds is 7. The lowest BCUT2D eigenvalue weighted by atomic mass is 10.2. The Morgan fingerprint density at radius 1 is 1.39 bits per heavy atom. The molecule has 0 amide bonds. The maximum Gasteiger partial charge on any atom is 0.330 e. The van der Waals surface area contributed by atoms with E-state index < -0.39 is 17.2 Å². The van der Waals surface area contributed by atoms with E-state index in [1.165, 1.54) is 16.8 Å². The summed E-state index contributed by atoms with van der Waals surface area (Å²) in [4.78, 5) is 35.0. The van der Waals surface area contributed by atoms with Gasteiger partial charge in [-0.1, -0.05) is 6.58 Å². The minimum Gasteiger partial charge on any atom is -0.463 e. The van der Waals surface area contributed by atoms with Gasteiger partial charge in [0.2, 0.25) is 0 Å². The smallest absolute Gasteiger partial charge is 0.330 e. The van der Waals surface area contributed by atoms with Crippen LogP contribution in [0.1, 0.15) is 19.3 Å². The van der Waals surface area contributed by atoms with E-state index in [1.807, 2.05) is 0 Å². The van der Waals surface area contributed by atoms with E-state index in [4.69, 9.17) is 4.74 Å². The van der Waals surface area contributed by atoms with Crippen molar-refractivity contribution >= 4 is 5.97 Å². The summed E-state index contributed by atoms with van der Waals surface area (Å²) < 4.78 is 6.25. The molecule has 0 radical (unpaired) electrons. The number of hydrogen-bond donors (Lipinski definition) is 1. The molecule has 1 aromatic heterocycles. The summed E-state index contributed by atoms with van der Waals surface area (Å²) in [5.41, 5.74) is -0.798. The Morgan fingerprint density at radius 3 is 2.83 bits per heavy atom. The Morgan fingerprint density at radius 2 is 2.17 bits per heavy atom. The first-order valence-corrected chi connectivity index (χ1v) is 5.72. The van der Waals surface area contributed by atoms with Crippen molar-refractivity contribution in [1.82, 2.24) is 9.55 Å². The molecule has 98 valence electrons. The van der Waals surface area contributed by atoms with Crippen molar-refractivity contribution in [3.8, 4) is 0 Å². The molecule has 0 spiro atoms. The minimum absolute atomic E-state index is 0.353. The molecule has 1 N–H and O–H groups in total. The zero-order valence-electron chi connectivity index (χ0n) is 10.1. The van der Waals surface area contributed by atoms with E-state index in [0.717, 1.165) is 25.3 Å². The molecule has 0 aromatic carbocycles. The van der Waals surface area contributed by atoms with Crippen LogP contribution in [0.5, 0.6) is 0 Å². The average molecular weight is 252 g/mol. The van der Waals surface area contributed by atoms with Crippen LogP contribution in [-0.4, -0.2) is 22.1 Å². The summed E-state index contributed by atoms with van der Waals surface area (Å²) >= 11 is 0. The van der Waals surface area contributed by atoms with Crippen molar-refractivity contribution < 1.29 is 9.53 Å². The normalized spacial score (nSPS) is 10.0. The van der Waals surface area contributed by atoms with Gasteiger partial charge in [-0.2, -0.15) is 0 Å². The zero-order chi connectivity index (χ0) is 13.4. The number of hydrogen-bond acceptors (Lipinski definition) is 4. The monoisotopic (exact) mass is 252 g/mol. The second kappa shape index (κ2) is 7.26. The van der Waals surface area contributed by atoms with Gasteiger partial charge in [0.15, 0.2) is 0 Å². The van der Waals surface area contributed by atoms with Crippen molar-refractivity contribution in [3.05, 3.63) is 45.8 Å². The second-order valence-corrected chi connectivity index (χ2v) is 3.74. The maximum absolute atomic E-state index is 11.3. The highest BCUT2D eigenvalue weighted by Gasteiger charge is 1.98. The van der Waals surface area contributed by atoms with Crippen molar-refractivity contribution in [2.75, 3.05) is 6.61 Å². The number of nitrogens with zero attached hydrogens (tertiary/aromatic N) is 1. The molecule has 0 saturated heterocycles. The third-order valence-electron chi connectivity index (χ3n) is 2.35. The van der Waals surface area contributed by atoms with Crippen LogP contribution in [0.3, 0.4) is 0 Å². The Balaban J connectivity index is 2.22. The van der Waals surface area contributed by atoms with Gasteiger partial charge in [-0.25, -0.2) is 9.59 Å². The molecule has 1 aromatic rings. The van der Waals surface area contributed by atoms with Gasteiger partial charge in [-0.15, -0.1) is 0 Å². The third-order valence-corrected chi connectivity index (χ3v) is 2.35. The van der Waals surface area contributed by atoms with Gasteiger partial charge >= 0.3 is 11.7 Å². The number of ether oxygens (including phenoxy) is 1. The van der Waals surface area contributed by atoms with E-state index in [-0.39, 0.29) is 0 Å². The number of aryl methyl sites for hydroxylation is 1. The molecule has 6 heteroatoms. The second-order valence-electron chi connectivity index (χ2n) is 3.74. The first-order chi connectivity index (χ1) is 8.63. The predicted octanol–water partition coefficient (Wildman–Crippen LogP) is 0.436. The van der Waals surface area contributed by atoms with Gasteiger partial charge in [-0.05, 0) is 19.3 Å². The van der Waals surface area contributed by atoms with Gasteiger partial charge in [0.25, 0.3) is 5.56 Å². The van der Waals surface area contributed by atoms with Crippen molar-refractivity contribution in [2.24, 2.45) is 0 Å². The predicted molar refractivity (Wildman–Crippen MR) is 66.3 cm³/mol. The van der Waals surface area contributed by atoms with Crippen molar-refractivity contribution in [3.63, 3.8) is 0 Å². The lowest BCUT2D eigenvalue weighted by Gasteiger charge is -2.04. The topological polar surface area (TPSA) is 81.2 Å². The number of carbonyl (C=O) groups excluding carboxylic acids is 1. The van der Waals surface area contributed by atoms with Crippen LogP contribution in [-0.2, 0) is 16.1 Å². The van der Waals surface area contributed by atoms with E-state index in [2.05, 4.69) is 11.6 Å². The highest BCUT2D eigenvalue weighted by atomic mass is 16.5. The molecule has 0 bridgehead atoms. The van der Waals surface area contributed by atoms with Gasteiger partial charge in [0.1, 0.15) is 0 Å². The fraction of sp³-hybridized carbons (Fsp3) is 0.417. The van der Waals surface area contributed by atoms with E-state index in [9.17, 15) is 14.4 Å². The molecule has 0 aliphatic rings. The van der Waals surface area contributed by atoms with Gasteiger partial charge in [-0.3, -0.25) is 9.78 Å². The third kappa shape index (κ3) is 4.82. The van der Waals surface area contributed by atoms with Crippen LogP contribution in [0, 0.1) is 0 Å². The highest BCUT2D eigenvalue weighted by molar-refractivity contribution is 5.81. The quantitative estimate of drug-likeness (QED) is 0.433. The minimum atomic E-state index is -0.424. The summed E-state index contributed by atoms with van der Waals surface area (Å²) in [6.07, 6.45) is 4.93. The summed E-state index contributed by atoms with van der Waals surface area (Å²) in [6, 6.07) is 1.31. The molecular formula is C12H16N2O4. The fourth-order valence-electron chi connectivity index (χ4n) is 1.41. The molecule has 0 unspecified atom stereocenters. The molecular weight excluding hydrogens is 236 g/mol. The van der Waals surface area contributed by atoms with Crippen LogP contribution in [0.4, 0.5) is 0 Å². The first-order valence-electron chi connectivity index (χ1n) is 5.72. The van der Waals surface area contributed by atoms with Crippen LogP contribution in [0.2, 0.25) is 0 Å². The molecule has 0 saturated carbocycles. The molecule has 1 rings (SSSR count). The van der Waals surface area contributed by atoms with E-state index in [1.54, 1.807) is 0 Å². The van der Waals surface area contributed by atoms with Gasteiger partial charge < -0.3 is 9.30 Å². The number of carbonyl (C=O) groups is 1. The number of aromatic amines is 1. The molecule has 1 heterocycles. The van der Waals surface area contributed by atoms with Crippen LogP contribution in [0.25, 0.3) is 0 Å². The van der Waals surface area contributed by atoms with Crippen molar-refractivity contribution in [2.45, 2.75) is 25.8 Å². The van der Waals surface area contributed by atoms with Crippen LogP contribution in [0.15, 0.2) is 34.5 Å². The molecule has 0 fully saturated rings. The summed E-state index contributed by atoms with van der Waals surface area (Å²) in [5, 5.41) is 0. The molecule has 18 heavy (non-hydrogen) atoms. The number of nitrogens with one attached hydrogen (secondary N) is 1. The maximum atomic E-state index is 11.3. The lowest BCUT2D eigenvalue weighted by Crippen LogP contribution is -2.28. The fourth-order valence-corrected chi connectivity index (χ4v) is 1.41. The van der Waals surface area contributed by atoms with Gasteiger partial charge in [0.05, 0.1) is 6.61 Å². The highest BCUT2D eigenvalue weighted by Crippen LogP contribution is 1.98. The summed E-state index contributed by atoms with van der Waals surface area (Å²) in [5.74, 6) is -0.424.